The van der Waals surface area contributed by atoms with Crippen LogP contribution in [0.5, 0.6) is 5.75 Å². The third kappa shape index (κ3) is 2.34. The molecule has 136 valence electrons. The summed E-state index contributed by atoms with van der Waals surface area (Å²) in [6, 6.07) is 11.5. The van der Waals surface area contributed by atoms with E-state index in [0.29, 0.717) is 17.1 Å². The van der Waals surface area contributed by atoms with Crippen molar-refractivity contribution in [3.05, 3.63) is 53.6 Å². The molecule has 2 amide bonds. The van der Waals surface area contributed by atoms with Crippen molar-refractivity contribution in [3.63, 3.8) is 0 Å². The molecule has 2 heterocycles. The molecule has 0 unspecified atom stereocenters. The molecule has 7 nitrogen and oxygen atoms in total. The van der Waals surface area contributed by atoms with Gasteiger partial charge in [0, 0.05) is 6.07 Å². The molecule has 2 atom stereocenters. The second kappa shape index (κ2) is 5.90. The van der Waals surface area contributed by atoms with Gasteiger partial charge in [-0.25, -0.2) is 9.91 Å². The number of imide groups is 1. The van der Waals surface area contributed by atoms with E-state index in [0.717, 1.165) is 19.3 Å². The van der Waals surface area contributed by atoms with Crippen molar-refractivity contribution in [1.82, 2.24) is 0 Å². The van der Waals surface area contributed by atoms with Gasteiger partial charge in [0.25, 0.3) is 11.8 Å². The molecular weight excluding hydrogens is 344 g/mol. The van der Waals surface area contributed by atoms with Crippen molar-refractivity contribution in [2.75, 3.05) is 17.0 Å². The quantitative estimate of drug-likeness (QED) is 0.787. The lowest BCUT2D eigenvalue weighted by atomic mass is 10.1. The Bertz CT molecular complexity index is 987. The topological polar surface area (TPSA) is 74.6 Å². The van der Waals surface area contributed by atoms with Crippen LogP contribution < -0.4 is 14.6 Å². The fourth-order valence-electron chi connectivity index (χ4n) is 4.08. The highest BCUT2D eigenvalue weighted by Crippen LogP contribution is 2.37. The van der Waals surface area contributed by atoms with Crippen LogP contribution in [0.25, 0.3) is 0 Å². The highest BCUT2D eigenvalue weighted by molar-refractivity contribution is 6.26. The largest absolute Gasteiger partial charge is 0.497 e. The van der Waals surface area contributed by atoms with E-state index < -0.39 is 12.1 Å². The SMILES string of the molecule is COc1cccc(N2N=N[C@@H]3C(=O)N(c4ccc5c(c4)CCC5)C(=O)[C@H]32)c1. The minimum Gasteiger partial charge on any atom is -0.497 e. The lowest BCUT2D eigenvalue weighted by Gasteiger charge is -2.21. The number of aryl methyl sites for hydroxylation is 2. The number of methoxy groups -OCH3 is 1. The lowest BCUT2D eigenvalue weighted by Crippen LogP contribution is -2.39. The Morgan fingerprint density at radius 1 is 1.00 bits per heavy atom. The van der Waals surface area contributed by atoms with Crippen LogP contribution in [-0.4, -0.2) is 31.0 Å². The number of rotatable bonds is 3. The molecule has 0 N–H and O–H groups in total. The first-order valence-electron chi connectivity index (χ1n) is 9.01. The van der Waals surface area contributed by atoms with Gasteiger partial charge in [0.2, 0.25) is 0 Å². The number of amides is 2. The summed E-state index contributed by atoms with van der Waals surface area (Å²) in [6.07, 6.45) is 3.16. The average Bonchev–Trinajstić information content (AvgIpc) is 3.39. The Morgan fingerprint density at radius 3 is 2.70 bits per heavy atom. The number of hydrogen-bond donors (Lipinski definition) is 0. The van der Waals surface area contributed by atoms with Crippen LogP contribution in [0, 0.1) is 0 Å². The van der Waals surface area contributed by atoms with Crippen LogP contribution in [0.3, 0.4) is 0 Å². The number of nitrogens with zero attached hydrogens (tertiary/aromatic N) is 4. The first-order valence-corrected chi connectivity index (χ1v) is 9.01. The number of anilines is 2. The van der Waals surface area contributed by atoms with Gasteiger partial charge in [-0.2, -0.15) is 5.11 Å². The minimum atomic E-state index is -0.808. The molecule has 2 aromatic carbocycles. The van der Waals surface area contributed by atoms with Gasteiger partial charge in [0.05, 0.1) is 18.5 Å². The van der Waals surface area contributed by atoms with Crippen LogP contribution in [0.4, 0.5) is 11.4 Å². The highest BCUT2D eigenvalue weighted by Gasteiger charge is 2.55. The number of benzene rings is 2. The average molecular weight is 362 g/mol. The molecule has 2 aliphatic heterocycles. The number of ether oxygens (including phenoxy) is 1. The molecule has 2 aromatic rings. The maximum absolute atomic E-state index is 13.1. The van der Waals surface area contributed by atoms with Crippen LogP contribution in [-0.2, 0) is 22.4 Å². The fraction of sp³-hybridized carbons (Fsp3) is 0.300. The van der Waals surface area contributed by atoms with E-state index in [1.165, 1.54) is 21.0 Å². The van der Waals surface area contributed by atoms with Crippen LogP contribution in [0.2, 0.25) is 0 Å². The molecule has 0 aromatic heterocycles. The predicted octanol–water partition coefficient (Wildman–Crippen LogP) is 2.68. The minimum absolute atomic E-state index is 0.296. The fourth-order valence-corrected chi connectivity index (χ4v) is 4.08. The summed E-state index contributed by atoms with van der Waals surface area (Å²) in [5, 5.41) is 9.69. The molecule has 1 fully saturated rings. The van der Waals surface area contributed by atoms with Gasteiger partial charge in [-0.3, -0.25) is 9.59 Å². The molecule has 3 aliphatic rings. The summed E-state index contributed by atoms with van der Waals surface area (Å²) in [5.74, 6) is 0.0336. The summed E-state index contributed by atoms with van der Waals surface area (Å²) < 4.78 is 5.25. The van der Waals surface area contributed by atoms with Crippen LogP contribution >= 0.6 is 0 Å². The molecule has 0 bridgehead atoms. The van der Waals surface area contributed by atoms with Crippen LogP contribution in [0.1, 0.15) is 17.5 Å². The van der Waals surface area contributed by atoms with Crippen molar-refractivity contribution in [1.29, 1.82) is 0 Å². The standard InChI is InChI=1S/C20H18N4O3/c1-27-16-7-3-6-15(11-16)24-18-17(21-22-24)19(25)23(20(18)26)14-9-8-12-4-2-5-13(12)10-14/h3,6-11,17-18H,2,4-5H2,1H3/t17-,18-/m0/s1. The van der Waals surface area contributed by atoms with E-state index in [1.807, 2.05) is 36.4 Å². The van der Waals surface area contributed by atoms with Gasteiger partial charge < -0.3 is 4.74 Å². The Hall–Kier alpha value is -3.22. The van der Waals surface area contributed by atoms with Gasteiger partial charge in [-0.1, -0.05) is 17.4 Å². The van der Waals surface area contributed by atoms with E-state index in [-0.39, 0.29) is 11.8 Å². The Balaban J connectivity index is 1.49. The molecule has 5 rings (SSSR count). The van der Waals surface area contributed by atoms with Crippen molar-refractivity contribution < 1.29 is 14.3 Å². The summed E-state index contributed by atoms with van der Waals surface area (Å²) in [5.41, 5.74) is 3.82. The summed E-state index contributed by atoms with van der Waals surface area (Å²) in [4.78, 5) is 27.3. The monoisotopic (exact) mass is 362 g/mol. The first-order chi connectivity index (χ1) is 13.2. The van der Waals surface area contributed by atoms with Crippen molar-refractivity contribution in [2.24, 2.45) is 10.3 Å². The van der Waals surface area contributed by atoms with E-state index in [4.69, 9.17) is 4.74 Å². The smallest absolute Gasteiger partial charge is 0.263 e. The van der Waals surface area contributed by atoms with E-state index in [1.54, 1.807) is 13.2 Å². The third-order valence-electron chi connectivity index (χ3n) is 5.44. The van der Waals surface area contributed by atoms with Gasteiger partial charge in [0.15, 0.2) is 12.1 Å². The first kappa shape index (κ1) is 16.0. The molecule has 0 radical (unpaired) electrons. The maximum atomic E-state index is 13.1. The molecule has 1 aliphatic carbocycles. The van der Waals surface area contributed by atoms with Crippen LogP contribution in [0.15, 0.2) is 52.8 Å². The van der Waals surface area contributed by atoms with E-state index in [2.05, 4.69) is 10.3 Å². The van der Waals surface area contributed by atoms with Gasteiger partial charge in [-0.15, -0.1) is 0 Å². The molecule has 1 saturated heterocycles. The summed E-state index contributed by atoms with van der Waals surface area (Å²) >= 11 is 0. The zero-order valence-corrected chi connectivity index (χ0v) is 14.8. The second-order valence-corrected chi connectivity index (χ2v) is 6.96. The molecule has 27 heavy (non-hydrogen) atoms. The number of carbonyl (C=O) groups is 2. The highest BCUT2D eigenvalue weighted by atomic mass is 16.5. The van der Waals surface area contributed by atoms with Gasteiger partial charge in [0.1, 0.15) is 5.75 Å². The van der Waals surface area contributed by atoms with E-state index >= 15 is 0 Å². The number of carbonyl (C=O) groups excluding carboxylic acids is 2. The van der Waals surface area contributed by atoms with Crippen molar-refractivity contribution >= 4 is 23.2 Å². The molecule has 0 saturated carbocycles. The number of fused-ring (bicyclic) bond motifs is 2. The number of hydrogen-bond acceptors (Lipinski definition) is 6. The third-order valence-corrected chi connectivity index (χ3v) is 5.44. The Labute approximate surface area is 156 Å². The Morgan fingerprint density at radius 2 is 1.85 bits per heavy atom. The normalized spacial score (nSPS) is 23.1. The zero-order chi connectivity index (χ0) is 18.5. The van der Waals surface area contributed by atoms with Gasteiger partial charge >= 0.3 is 0 Å². The second-order valence-electron chi connectivity index (χ2n) is 6.96. The van der Waals surface area contributed by atoms with E-state index in [9.17, 15) is 9.59 Å². The summed E-state index contributed by atoms with van der Waals surface area (Å²) in [7, 11) is 1.58. The molecular formula is C20H18N4O3. The lowest BCUT2D eigenvalue weighted by molar-refractivity contribution is -0.121. The Kier molecular flexibility index (Phi) is 3.50. The molecule has 0 spiro atoms. The van der Waals surface area contributed by atoms with Gasteiger partial charge in [-0.05, 0) is 54.7 Å². The molecule has 7 heteroatoms. The van der Waals surface area contributed by atoms with Crippen molar-refractivity contribution in [3.8, 4) is 5.75 Å². The summed E-state index contributed by atoms with van der Waals surface area (Å²) in [6.45, 7) is 0. The predicted molar refractivity (Wildman–Crippen MR) is 98.9 cm³/mol. The van der Waals surface area contributed by atoms with Crippen molar-refractivity contribution in [2.45, 2.75) is 31.3 Å². The maximum Gasteiger partial charge on any atom is 0.263 e. The zero-order valence-electron chi connectivity index (χ0n) is 14.8.